The number of aryl methyl sites for hydroxylation is 1. The van der Waals surface area contributed by atoms with Crippen molar-refractivity contribution in [2.24, 2.45) is 7.05 Å². The quantitative estimate of drug-likeness (QED) is 0.730. The molecule has 0 saturated heterocycles. The highest BCUT2D eigenvalue weighted by Gasteiger charge is 2.18. The van der Waals surface area contributed by atoms with Crippen LogP contribution in [0.4, 0.5) is 0 Å². The largest absolute Gasteiger partial charge is 0.481 e. The highest BCUT2D eigenvalue weighted by molar-refractivity contribution is 5.75. The first-order chi connectivity index (χ1) is 12.1. The van der Waals surface area contributed by atoms with Gasteiger partial charge in [-0.2, -0.15) is 0 Å². The fraction of sp³-hybridized carbons (Fsp3) is 0.238. The normalized spacial score (nSPS) is 10.8. The molecule has 0 aliphatic rings. The molecule has 3 rings (SSSR count). The summed E-state index contributed by atoms with van der Waals surface area (Å²) in [6.45, 7) is 2.10. The molecule has 1 heterocycles. The minimum atomic E-state index is -0.840. The van der Waals surface area contributed by atoms with Gasteiger partial charge in [-0.05, 0) is 17.5 Å². The number of benzene rings is 2. The second-order valence-electron chi connectivity index (χ2n) is 6.15. The molecule has 0 aliphatic heterocycles. The Kier molecular flexibility index (Phi) is 4.98. The summed E-state index contributed by atoms with van der Waals surface area (Å²) < 4.78 is 1.93. The number of hydrogen-bond donors (Lipinski definition) is 1. The lowest BCUT2D eigenvalue weighted by Crippen LogP contribution is -2.08. The van der Waals surface area contributed by atoms with E-state index in [1.54, 1.807) is 0 Å². The average molecular weight is 334 g/mol. The standard InChI is InChI=1S/C21H22N2O2/c1-3-7-19-22-21(18(23(19)2)14-20(24)25)17-12-10-16(11-13-17)15-8-5-4-6-9-15/h4-6,8-13H,3,7,14H2,1-2H3,(H,24,25). The van der Waals surface area contributed by atoms with Crippen LogP contribution in [0.3, 0.4) is 0 Å². The van der Waals surface area contributed by atoms with E-state index in [0.29, 0.717) is 0 Å². The Morgan fingerprint density at radius 3 is 2.20 bits per heavy atom. The van der Waals surface area contributed by atoms with Crippen LogP contribution >= 0.6 is 0 Å². The molecule has 25 heavy (non-hydrogen) atoms. The summed E-state index contributed by atoms with van der Waals surface area (Å²) in [5, 5.41) is 9.25. The molecule has 0 saturated carbocycles. The van der Waals surface area contributed by atoms with Gasteiger partial charge >= 0.3 is 5.97 Å². The maximum atomic E-state index is 11.3. The molecular weight excluding hydrogens is 312 g/mol. The molecule has 2 aromatic carbocycles. The molecule has 0 radical (unpaired) electrons. The number of nitrogens with zero attached hydrogens (tertiary/aromatic N) is 2. The number of imidazole rings is 1. The summed E-state index contributed by atoms with van der Waals surface area (Å²) in [5.74, 6) is 0.0918. The van der Waals surface area contributed by atoms with Crippen molar-refractivity contribution in [3.8, 4) is 22.4 Å². The number of aromatic nitrogens is 2. The molecule has 128 valence electrons. The van der Waals surface area contributed by atoms with Crippen LogP contribution in [0.15, 0.2) is 54.6 Å². The SMILES string of the molecule is CCCc1nc(-c2ccc(-c3ccccc3)cc2)c(CC(=O)O)n1C. The smallest absolute Gasteiger partial charge is 0.309 e. The predicted octanol–water partition coefficient (Wildman–Crippen LogP) is 4.33. The van der Waals surface area contributed by atoms with Gasteiger partial charge in [-0.1, -0.05) is 61.5 Å². The fourth-order valence-corrected chi connectivity index (χ4v) is 3.06. The molecule has 0 unspecified atom stereocenters. The molecule has 1 aromatic heterocycles. The Balaban J connectivity index is 2.00. The van der Waals surface area contributed by atoms with Gasteiger partial charge in [0.2, 0.25) is 0 Å². The summed E-state index contributed by atoms with van der Waals surface area (Å²) in [6, 6.07) is 18.3. The monoisotopic (exact) mass is 334 g/mol. The topological polar surface area (TPSA) is 55.1 Å². The maximum Gasteiger partial charge on any atom is 0.309 e. The van der Waals surface area contributed by atoms with Crippen LogP contribution in [0, 0.1) is 0 Å². The van der Waals surface area contributed by atoms with Crippen molar-refractivity contribution in [2.75, 3.05) is 0 Å². The Hall–Kier alpha value is -2.88. The Morgan fingerprint density at radius 2 is 1.60 bits per heavy atom. The van der Waals surface area contributed by atoms with Gasteiger partial charge in [0, 0.05) is 19.0 Å². The van der Waals surface area contributed by atoms with E-state index in [-0.39, 0.29) is 6.42 Å². The number of rotatable bonds is 6. The van der Waals surface area contributed by atoms with Gasteiger partial charge in [0.05, 0.1) is 17.8 Å². The molecule has 0 spiro atoms. The van der Waals surface area contributed by atoms with Crippen molar-refractivity contribution in [3.63, 3.8) is 0 Å². The van der Waals surface area contributed by atoms with E-state index in [9.17, 15) is 9.90 Å². The lowest BCUT2D eigenvalue weighted by Gasteiger charge is -2.06. The first-order valence-electron chi connectivity index (χ1n) is 8.52. The zero-order valence-corrected chi connectivity index (χ0v) is 14.6. The Bertz CT molecular complexity index is 865. The van der Waals surface area contributed by atoms with Crippen molar-refractivity contribution < 1.29 is 9.90 Å². The average Bonchev–Trinajstić information content (AvgIpc) is 2.92. The zero-order valence-electron chi connectivity index (χ0n) is 14.6. The molecule has 4 nitrogen and oxygen atoms in total. The van der Waals surface area contributed by atoms with E-state index in [2.05, 4.69) is 31.2 Å². The molecule has 3 aromatic rings. The highest BCUT2D eigenvalue weighted by atomic mass is 16.4. The van der Waals surface area contributed by atoms with Crippen LogP contribution in [0.25, 0.3) is 22.4 Å². The van der Waals surface area contributed by atoms with Gasteiger partial charge in [-0.15, -0.1) is 0 Å². The van der Waals surface area contributed by atoms with Crippen molar-refractivity contribution in [2.45, 2.75) is 26.2 Å². The summed E-state index contributed by atoms with van der Waals surface area (Å²) >= 11 is 0. The van der Waals surface area contributed by atoms with Crippen molar-refractivity contribution in [3.05, 3.63) is 66.1 Å². The van der Waals surface area contributed by atoms with Crippen LogP contribution in [0.2, 0.25) is 0 Å². The van der Waals surface area contributed by atoms with E-state index >= 15 is 0 Å². The third-order valence-electron chi connectivity index (χ3n) is 4.36. The Morgan fingerprint density at radius 1 is 1.00 bits per heavy atom. The summed E-state index contributed by atoms with van der Waals surface area (Å²) in [7, 11) is 1.90. The minimum Gasteiger partial charge on any atom is -0.481 e. The zero-order chi connectivity index (χ0) is 17.8. The molecular formula is C21H22N2O2. The summed E-state index contributed by atoms with van der Waals surface area (Å²) in [4.78, 5) is 16.0. The van der Waals surface area contributed by atoms with E-state index < -0.39 is 5.97 Å². The third-order valence-corrected chi connectivity index (χ3v) is 4.36. The van der Waals surface area contributed by atoms with Crippen LogP contribution in [-0.4, -0.2) is 20.6 Å². The van der Waals surface area contributed by atoms with E-state index in [1.807, 2.05) is 41.9 Å². The van der Waals surface area contributed by atoms with E-state index in [4.69, 9.17) is 4.98 Å². The van der Waals surface area contributed by atoms with Crippen molar-refractivity contribution in [1.82, 2.24) is 9.55 Å². The van der Waals surface area contributed by atoms with Gasteiger partial charge in [0.25, 0.3) is 0 Å². The molecule has 0 aliphatic carbocycles. The third kappa shape index (κ3) is 3.63. The lowest BCUT2D eigenvalue weighted by molar-refractivity contribution is -0.136. The first kappa shape index (κ1) is 17.0. The minimum absolute atomic E-state index is 0.0248. The molecule has 4 heteroatoms. The molecule has 0 fully saturated rings. The summed E-state index contributed by atoms with van der Waals surface area (Å²) in [5.41, 5.74) is 4.77. The second kappa shape index (κ2) is 7.34. The van der Waals surface area contributed by atoms with Gasteiger partial charge < -0.3 is 9.67 Å². The fourth-order valence-electron chi connectivity index (χ4n) is 3.06. The van der Waals surface area contributed by atoms with Crippen molar-refractivity contribution >= 4 is 5.97 Å². The van der Waals surface area contributed by atoms with Crippen molar-refractivity contribution in [1.29, 1.82) is 0 Å². The van der Waals surface area contributed by atoms with Gasteiger partial charge in [-0.25, -0.2) is 4.98 Å². The Labute approximate surface area is 147 Å². The number of carboxylic acids is 1. The van der Waals surface area contributed by atoms with E-state index in [1.165, 1.54) is 0 Å². The molecule has 0 amide bonds. The number of carbonyl (C=O) groups is 1. The van der Waals surface area contributed by atoms with Crippen LogP contribution < -0.4 is 0 Å². The summed E-state index contributed by atoms with van der Waals surface area (Å²) in [6.07, 6.45) is 1.79. The number of hydrogen-bond acceptors (Lipinski definition) is 2. The maximum absolute atomic E-state index is 11.3. The predicted molar refractivity (Wildman–Crippen MR) is 99.4 cm³/mol. The second-order valence-corrected chi connectivity index (χ2v) is 6.15. The number of carboxylic acid groups (broad SMARTS) is 1. The van der Waals surface area contributed by atoms with Crippen LogP contribution in [0.5, 0.6) is 0 Å². The molecule has 1 N–H and O–H groups in total. The van der Waals surface area contributed by atoms with Gasteiger partial charge in [0.1, 0.15) is 5.82 Å². The highest BCUT2D eigenvalue weighted by Crippen LogP contribution is 2.28. The van der Waals surface area contributed by atoms with Crippen LogP contribution in [-0.2, 0) is 24.7 Å². The lowest BCUT2D eigenvalue weighted by atomic mass is 10.0. The van der Waals surface area contributed by atoms with Gasteiger partial charge in [0.15, 0.2) is 0 Å². The first-order valence-corrected chi connectivity index (χ1v) is 8.52. The molecule has 0 atom stereocenters. The number of aliphatic carboxylic acids is 1. The van der Waals surface area contributed by atoms with Gasteiger partial charge in [-0.3, -0.25) is 4.79 Å². The van der Waals surface area contributed by atoms with E-state index in [0.717, 1.165) is 46.7 Å². The van der Waals surface area contributed by atoms with Crippen LogP contribution in [0.1, 0.15) is 24.9 Å². The molecule has 0 bridgehead atoms.